The molecule has 0 fully saturated rings. The largest absolute Gasteiger partial charge is 0.378 e. The first-order valence-electron chi connectivity index (χ1n) is 5.26. The normalized spacial score (nSPS) is 12.3. The quantitative estimate of drug-likeness (QED) is 0.623. The van der Waals surface area contributed by atoms with Crippen molar-refractivity contribution in [1.82, 2.24) is 9.55 Å². The van der Waals surface area contributed by atoms with Gasteiger partial charge < -0.3 is 9.55 Å². The number of hydrogen-bond donors (Lipinski definition) is 1. The van der Waals surface area contributed by atoms with Gasteiger partial charge in [-0.3, -0.25) is 4.79 Å². The van der Waals surface area contributed by atoms with Crippen molar-refractivity contribution in [3.8, 4) is 6.07 Å². The van der Waals surface area contributed by atoms with Gasteiger partial charge in [0.1, 0.15) is 16.5 Å². The number of nitriles is 1. The molecule has 0 aliphatic rings. The highest BCUT2D eigenvalue weighted by Gasteiger charge is 2.37. The van der Waals surface area contributed by atoms with Gasteiger partial charge in [-0.2, -0.15) is 5.26 Å². The van der Waals surface area contributed by atoms with E-state index in [4.69, 9.17) is 5.26 Å². The molecule has 0 aromatic rings. The summed E-state index contributed by atoms with van der Waals surface area (Å²) in [7, 11) is -3.36. The molecule has 2 amide bonds. The summed E-state index contributed by atoms with van der Waals surface area (Å²) < 4.78 is 2.03. The number of nitrogens with one attached hydrogen (secondary N) is 1. The Bertz CT molecular complexity index is 306. The van der Waals surface area contributed by atoms with E-state index < -0.39 is 16.5 Å². The summed E-state index contributed by atoms with van der Waals surface area (Å²) >= 11 is 0. The average molecular weight is 255 g/mol. The van der Waals surface area contributed by atoms with Crippen molar-refractivity contribution in [2.75, 3.05) is 0 Å². The molecule has 16 heavy (non-hydrogen) atoms. The zero-order valence-electron chi connectivity index (χ0n) is 11.0. The predicted octanol–water partition coefficient (Wildman–Crippen LogP) is 2.71. The number of urea groups is 1. The topological polar surface area (TPSA) is 56.1 Å². The van der Waals surface area contributed by atoms with Gasteiger partial charge >= 0.3 is 6.03 Å². The molecule has 0 bridgehead atoms. The number of allylic oxidation sites excluding steroid dienone is 1. The Hall–Kier alpha value is -1.07. The third kappa shape index (κ3) is 4.64. The Morgan fingerprint density at radius 1 is 1.19 bits per heavy atom. The molecular weight excluding hydrogens is 234 g/mol. The van der Waals surface area contributed by atoms with Crippen LogP contribution in [0.15, 0.2) is 12.3 Å². The molecule has 0 saturated carbocycles. The standard InChI is InChI=1S/C10H21N3OSi2/c1-15(2,3)13(16(4,5)6)10(14)12-9-7-8-11/h7,9H,1-6H3,(H,12,14)/b9-7-. The van der Waals surface area contributed by atoms with Crippen LogP contribution < -0.4 is 5.32 Å². The Morgan fingerprint density at radius 3 is 1.94 bits per heavy atom. The maximum absolute atomic E-state index is 12.0. The first-order chi connectivity index (χ1) is 7.10. The minimum absolute atomic E-state index is 0.0789. The minimum atomic E-state index is -1.68. The van der Waals surface area contributed by atoms with Crippen LogP contribution in [-0.2, 0) is 0 Å². The molecule has 6 heteroatoms. The first-order valence-corrected chi connectivity index (χ1v) is 12.2. The zero-order valence-corrected chi connectivity index (χ0v) is 13.0. The number of carbonyl (C=O) groups excluding carboxylic acids is 1. The molecule has 0 aromatic carbocycles. The summed E-state index contributed by atoms with van der Waals surface area (Å²) in [4.78, 5) is 12.0. The van der Waals surface area contributed by atoms with Crippen LogP contribution in [0.1, 0.15) is 0 Å². The van der Waals surface area contributed by atoms with Gasteiger partial charge in [0, 0.05) is 12.3 Å². The number of hydrogen-bond acceptors (Lipinski definition) is 2. The van der Waals surface area contributed by atoms with Crippen LogP contribution in [0.25, 0.3) is 0 Å². The molecule has 90 valence electrons. The lowest BCUT2D eigenvalue weighted by Gasteiger charge is -2.43. The van der Waals surface area contributed by atoms with E-state index in [1.54, 1.807) is 0 Å². The van der Waals surface area contributed by atoms with E-state index in [2.05, 4.69) is 44.6 Å². The second kappa shape index (κ2) is 5.32. The number of nitrogens with zero attached hydrogens (tertiary/aromatic N) is 2. The fraction of sp³-hybridized carbons (Fsp3) is 0.600. The van der Waals surface area contributed by atoms with E-state index in [-0.39, 0.29) is 6.03 Å². The van der Waals surface area contributed by atoms with E-state index in [1.165, 1.54) is 12.3 Å². The number of rotatable bonds is 3. The van der Waals surface area contributed by atoms with Crippen molar-refractivity contribution in [2.45, 2.75) is 39.3 Å². The third-order valence-electron chi connectivity index (χ3n) is 1.91. The molecule has 0 spiro atoms. The Morgan fingerprint density at radius 2 is 1.62 bits per heavy atom. The van der Waals surface area contributed by atoms with Gasteiger partial charge in [-0.05, 0) is 0 Å². The van der Waals surface area contributed by atoms with Gasteiger partial charge in [0.2, 0.25) is 0 Å². The molecule has 0 aliphatic carbocycles. The Labute approximate surface area is 100 Å². The number of carbonyl (C=O) groups is 1. The van der Waals surface area contributed by atoms with Crippen molar-refractivity contribution in [2.24, 2.45) is 0 Å². The average Bonchev–Trinajstić information content (AvgIpc) is 1.98. The summed E-state index contributed by atoms with van der Waals surface area (Å²) in [5.41, 5.74) is 0. The number of amides is 2. The van der Waals surface area contributed by atoms with Crippen molar-refractivity contribution >= 4 is 22.5 Å². The van der Waals surface area contributed by atoms with E-state index in [0.717, 1.165) is 0 Å². The molecule has 4 nitrogen and oxygen atoms in total. The second-order valence-electron chi connectivity index (χ2n) is 5.59. The minimum Gasteiger partial charge on any atom is -0.378 e. The predicted molar refractivity (Wildman–Crippen MR) is 71.8 cm³/mol. The second-order valence-corrected chi connectivity index (χ2v) is 15.6. The molecule has 0 heterocycles. The lowest BCUT2D eigenvalue weighted by molar-refractivity contribution is 0.237. The van der Waals surface area contributed by atoms with Gasteiger partial charge in [-0.25, -0.2) is 0 Å². The van der Waals surface area contributed by atoms with E-state index in [0.29, 0.717) is 0 Å². The van der Waals surface area contributed by atoms with E-state index in [1.807, 2.05) is 10.3 Å². The lowest BCUT2D eigenvalue weighted by Crippen LogP contribution is -2.63. The summed E-state index contributed by atoms with van der Waals surface area (Å²) in [6.07, 6.45) is 2.67. The monoisotopic (exact) mass is 255 g/mol. The van der Waals surface area contributed by atoms with Crippen LogP contribution in [-0.4, -0.2) is 26.7 Å². The van der Waals surface area contributed by atoms with Crippen LogP contribution in [0.2, 0.25) is 39.3 Å². The molecular formula is C10H21N3OSi2. The van der Waals surface area contributed by atoms with Gasteiger partial charge in [0.25, 0.3) is 0 Å². The van der Waals surface area contributed by atoms with Crippen LogP contribution in [0.3, 0.4) is 0 Å². The maximum atomic E-state index is 12.0. The summed E-state index contributed by atoms with van der Waals surface area (Å²) in [5, 5.41) is 11.0. The molecule has 0 rings (SSSR count). The first kappa shape index (κ1) is 14.9. The Kier molecular flexibility index (Phi) is 4.96. The highest BCUT2D eigenvalue weighted by atomic mass is 28.4. The third-order valence-corrected chi connectivity index (χ3v) is 9.02. The van der Waals surface area contributed by atoms with Gasteiger partial charge in [-0.15, -0.1) is 0 Å². The lowest BCUT2D eigenvalue weighted by atomic mass is 10.7. The molecule has 0 unspecified atom stereocenters. The molecule has 0 radical (unpaired) electrons. The molecule has 0 saturated heterocycles. The Balaban J connectivity index is 4.89. The maximum Gasteiger partial charge on any atom is 0.305 e. The molecule has 1 N–H and O–H groups in total. The molecule has 0 atom stereocenters. The van der Waals surface area contributed by atoms with Crippen molar-refractivity contribution in [1.29, 1.82) is 5.26 Å². The summed E-state index contributed by atoms with van der Waals surface area (Å²) in [5.74, 6) is 0. The van der Waals surface area contributed by atoms with Crippen LogP contribution >= 0.6 is 0 Å². The van der Waals surface area contributed by atoms with Crippen molar-refractivity contribution in [3.63, 3.8) is 0 Å². The molecule has 0 aliphatic heterocycles. The highest BCUT2D eigenvalue weighted by Crippen LogP contribution is 2.19. The van der Waals surface area contributed by atoms with Crippen LogP contribution in [0, 0.1) is 11.3 Å². The van der Waals surface area contributed by atoms with Gasteiger partial charge in [0.05, 0.1) is 6.07 Å². The highest BCUT2D eigenvalue weighted by molar-refractivity contribution is 6.92. The summed E-state index contributed by atoms with van der Waals surface area (Å²) in [6.45, 7) is 12.9. The SMILES string of the molecule is C[Si](C)(C)N(C(=O)N/C=C\C#N)[Si](C)(C)C. The van der Waals surface area contributed by atoms with E-state index >= 15 is 0 Å². The smallest absolute Gasteiger partial charge is 0.305 e. The fourth-order valence-electron chi connectivity index (χ4n) is 1.83. The van der Waals surface area contributed by atoms with Crippen molar-refractivity contribution < 1.29 is 4.79 Å². The van der Waals surface area contributed by atoms with Crippen LogP contribution in [0.4, 0.5) is 4.79 Å². The van der Waals surface area contributed by atoms with Crippen LogP contribution in [0.5, 0.6) is 0 Å². The van der Waals surface area contributed by atoms with E-state index in [9.17, 15) is 4.79 Å². The summed E-state index contributed by atoms with van der Waals surface area (Å²) in [6, 6.07) is 1.77. The zero-order chi connectivity index (χ0) is 13.0. The van der Waals surface area contributed by atoms with Gasteiger partial charge in [0.15, 0.2) is 0 Å². The molecule has 0 aromatic heterocycles. The van der Waals surface area contributed by atoms with Gasteiger partial charge in [-0.1, -0.05) is 39.3 Å². The van der Waals surface area contributed by atoms with Crippen molar-refractivity contribution in [3.05, 3.63) is 12.3 Å². The fourth-order valence-corrected chi connectivity index (χ4v) is 11.2.